The molecular weight excluding hydrogens is 216 g/mol. The number of aliphatic imine (C=N–C) groups is 1. The van der Waals surface area contributed by atoms with Crippen LogP contribution in [0.4, 0.5) is 5.69 Å². The van der Waals surface area contributed by atoms with E-state index < -0.39 is 0 Å². The first-order chi connectivity index (χ1) is 7.55. The van der Waals surface area contributed by atoms with Crippen LogP contribution in [0.25, 0.3) is 0 Å². The second kappa shape index (κ2) is 4.50. The molecule has 0 bridgehead atoms. The average Bonchev–Trinajstić information content (AvgIpc) is 2.15. The summed E-state index contributed by atoms with van der Waals surface area (Å²) in [4.78, 5) is 4.71. The van der Waals surface area contributed by atoms with E-state index in [-0.39, 0.29) is 5.54 Å². The third-order valence-corrected chi connectivity index (χ3v) is 3.50. The van der Waals surface area contributed by atoms with Crippen molar-refractivity contribution in [3.63, 3.8) is 0 Å². The van der Waals surface area contributed by atoms with Crippen LogP contribution in [0.2, 0.25) is 0 Å². The van der Waals surface area contributed by atoms with Crippen molar-refractivity contribution >= 4 is 22.6 Å². The second-order valence-corrected chi connectivity index (χ2v) is 5.91. The minimum absolute atomic E-state index is 0.0808. The maximum atomic E-state index is 4.71. The van der Waals surface area contributed by atoms with Crippen LogP contribution in [0.3, 0.4) is 0 Å². The van der Waals surface area contributed by atoms with Gasteiger partial charge in [-0.05, 0) is 44.9 Å². The van der Waals surface area contributed by atoms with Crippen LogP contribution >= 0.6 is 11.8 Å². The van der Waals surface area contributed by atoms with Crippen molar-refractivity contribution in [3.8, 4) is 0 Å². The van der Waals surface area contributed by atoms with Gasteiger partial charge in [-0.15, -0.1) is 0 Å². The van der Waals surface area contributed by atoms with Gasteiger partial charge in [0.1, 0.15) is 0 Å². The molecule has 1 heterocycles. The number of hydrogen-bond donors (Lipinski definition) is 1. The Bertz CT molecular complexity index is 410. The molecule has 0 fully saturated rings. The van der Waals surface area contributed by atoms with Gasteiger partial charge in [0.05, 0.1) is 5.54 Å². The third kappa shape index (κ3) is 3.01. The van der Waals surface area contributed by atoms with Gasteiger partial charge in [-0.3, -0.25) is 4.99 Å². The number of rotatable bonds is 1. The Morgan fingerprint density at radius 2 is 2.19 bits per heavy atom. The lowest BCUT2D eigenvalue weighted by Gasteiger charge is -2.26. The fraction of sp³-hybridized carbons (Fsp3) is 0.462. The summed E-state index contributed by atoms with van der Waals surface area (Å²) in [6, 6.07) is 8.39. The zero-order chi connectivity index (χ0) is 11.6. The SMILES string of the molecule is Cc1cccc(NC2=NC(C)(C)CCS2)c1. The zero-order valence-corrected chi connectivity index (χ0v) is 10.9. The highest BCUT2D eigenvalue weighted by molar-refractivity contribution is 8.14. The van der Waals surface area contributed by atoms with E-state index in [1.807, 2.05) is 0 Å². The van der Waals surface area contributed by atoms with Crippen LogP contribution in [0.1, 0.15) is 25.8 Å². The van der Waals surface area contributed by atoms with Crippen molar-refractivity contribution in [2.45, 2.75) is 32.7 Å². The number of anilines is 1. The summed E-state index contributed by atoms with van der Waals surface area (Å²) >= 11 is 1.81. The Morgan fingerprint density at radius 3 is 2.88 bits per heavy atom. The van der Waals surface area contributed by atoms with Crippen molar-refractivity contribution in [1.82, 2.24) is 0 Å². The Morgan fingerprint density at radius 1 is 1.38 bits per heavy atom. The quantitative estimate of drug-likeness (QED) is 0.801. The Labute approximate surface area is 102 Å². The lowest BCUT2D eigenvalue weighted by atomic mass is 10.0. The molecule has 0 atom stereocenters. The normalized spacial score (nSPS) is 19.1. The van der Waals surface area contributed by atoms with Gasteiger partial charge in [-0.2, -0.15) is 0 Å². The summed E-state index contributed by atoms with van der Waals surface area (Å²) < 4.78 is 0. The minimum Gasteiger partial charge on any atom is -0.335 e. The largest absolute Gasteiger partial charge is 0.335 e. The van der Waals surface area contributed by atoms with E-state index in [1.54, 1.807) is 11.8 Å². The van der Waals surface area contributed by atoms with E-state index >= 15 is 0 Å². The molecule has 0 amide bonds. The molecule has 1 aromatic rings. The molecule has 1 N–H and O–H groups in total. The third-order valence-electron chi connectivity index (χ3n) is 2.63. The molecule has 0 unspecified atom stereocenters. The number of benzene rings is 1. The Balaban J connectivity index is 2.13. The second-order valence-electron chi connectivity index (χ2n) is 4.82. The van der Waals surface area contributed by atoms with E-state index in [4.69, 9.17) is 4.99 Å². The lowest BCUT2D eigenvalue weighted by Crippen LogP contribution is -2.27. The molecular formula is C13H18N2S. The summed E-state index contributed by atoms with van der Waals surface area (Å²) in [5.74, 6) is 1.14. The van der Waals surface area contributed by atoms with Gasteiger partial charge in [-0.25, -0.2) is 0 Å². The van der Waals surface area contributed by atoms with Crippen LogP contribution in [-0.2, 0) is 0 Å². The summed E-state index contributed by atoms with van der Waals surface area (Å²) in [5.41, 5.74) is 2.48. The molecule has 0 aromatic heterocycles. The van der Waals surface area contributed by atoms with Gasteiger partial charge < -0.3 is 5.32 Å². The summed E-state index contributed by atoms with van der Waals surface area (Å²) in [5, 5.41) is 4.43. The summed E-state index contributed by atoms with van der Waals surface area (Å²) in [7, 11) is 0. The van der Waals surface area contributed by atoms with Crippen LogP contribution < -0.4 is 5.32 Å². The highest BCUT2D eigenvalue weighted by atomic mass is 32.2. The van der Waals surface area contributed by atoms with Gasteiger partial charge in [0.25, 0.3) is 0 Å². The van der Waals surface area contributed by atoms with E-state index in [9.17, 15) is 0 Å². The van der Waals surface area contributed by atoms with Gasteiger partial charge in [0, 0.05) is 11.4 Å². The molecule has 86 valence electrons. The Kier molecular flexibility index (Phi) is 3.24. The van der Waals surface area contributed by atoms with Crippen molar-refractivity contribution in [1.29, 1.82) is 0 Å². The zero-order valence-electron chi connectivity index (χ0n) is 10.1. The number of hydrogen-bond acceptors (Lipinski definition) is 3. The topological polar surface area (TPSA) is 24.4 Å². The molecule has 2 nitrogen and oxygen atoms in total. The molecule has 0 saturated carbocycles. The highest BCUT2D eigenvalue weighted by Gasteiger charge is 2.22. The van der Waals surface area contributed by atoms with Gasteiger partial charge in [0.2, 0.25) is 0 Å². The maximum Gasteiger partial charge on any atom is 0.161 e. The monoisotopic (exact) mass is 234 g/mol. The van der Waals surface area contributed by atoms with Gasteiger partial charge in [0.15, 0.2) is 5.17 Å². The Hall–Kier alpha value is -0.960. The summed E-state index contributed by atoms with van der Waals surface area (Å²) in [6.45, 7) is 6.47. The van der Waals surface area contributed by atoms with Crippen LogP contribution in [0.5, 0.6) is 0 Å². The molecule has 0 saturated heterocycles. The van der Waals surface area contributed by atoms with Crippen LogP contribution in [-0.4, -0.2) is 16.5 Å². The number of amidine groups is 1. The molecule has 1 aliphatic rings. The number of nitrogens with one attached hydrogen (secondary N) is 1. The van der Waals surface area contributed by atoms with Crippen molar-refractivity contribution in [2.24, 2.45) is 4.99 Å². The average molecular weight is 234 g/mol. The smallest absolute Gasteiger partial charge is 0.161 e. The fourth-order valence-electron chi connectivity index (χ4n) is 1.67. The molecule has 0 radical (unpaired) electrons. The van der Waals surface area contributed by atoms with Gasteiger partial charge in [-0.1, -0.05) is 23.9 Å². The predicted molar refractivity (Wildman–Crippen MR) is 73.4 cm³/mol. The van der Waals surface area contributed by atoms with E-state index in [2.05, 4.69) is 50.4 Å². The molecule has 1 aliphatic heterocycles. The number of nitrogens with zero attached hydrogens (tertiary/aromatic N) is 1. The van der Waals surface area contributed by atoms with Crippen molar-refractivity contribution in [3.05, 3.63) is 29.8 Å². The first kappa shape index (κ1) is 11.5. The molecule has 2 rings (SSSR count). The molecule has 16 heavy (non-hydrogen) atoms. The first-order valence-corrected chi connectivity index (χ1v) is 6.60. The minimum atomic E-state index is 0.0808. The maximum absolute atomic E-state index is 4.71. The molecule has 3 heteroatoms. The molecule has 1 aromatic carbocycles. The number of thioether (sulfide) groups is 1. The summed E-state index contributed by atoms with van der Waals surface area (Å²) in [6.07, 6.45) is 1.15. The van der Waals surface area contributed by atoms with E-state index in [1.165, 1.54) is 5.56 Å². The molecule has 0 aliphatic carbocycles. The van der Waals surface area contributed by atoms with Crippen molar-refractivity contribution < 1.29 is 0 Å². The van der Waals surface area contributed by atoms with Crippen molar-refractivity contribution in [2.75, 3.05) is 11.1 Å². The van der Waals surface area contributed by atoms with E-state index in [0.29, 0.717) is 0 Å². The molecule has 0 spiro atoms. The standard InChI is InChI=1S/C13H18N2S/c1-10-5-4-6-11(9-10)14-12-15-13(2,3)7-8-16-12/h4-6,9H,7-8H2,1-3H3,(H,14,15). The van der Waals surface area contributed by atoms with Crippen LogP contribution in [0.15, 0.2) is 29.3 Å². The van der Waals surface area contributed by atoms with E-state index in [0.717, 1.165) is 23.0 Å². The van der Waals surface area contributed by atoms with Crippen LogP contribution in [0, 0.1) is 6.92 Å². The highest BCUT2D eigenvalue weighted by Crippen LogP contribution is 2.26. The van der Waals surface area contributed by atoms with Gasteiger partial charge >= 0.3 is 0 Å². The first-order valence-electron chi connectivity index (χ1n) is 5.61. The number of aryl methyl sites for hydroxylation is 1. The fourth-order valence-corrected chi connectivity index (χ4v) is 2.97. The predicted octanol–water partition coefficient (Wildman–Crippen LogP) is 3.68. The lowest BCUT2D eigenvalue weighted by molar-refractivity contribution is 0.507.